The van der Waals surface area contributed by atoms with E-state index in [2.05, 4.69) is 10.0 Å². The largest absolute Gasteiger partial charge is 0.453 e. The third-order valence-electron chi connectivity index (χ3n) is 2.78. The van der Waals surface area contributed by atoms with Crippen LogP contribution in [0.4, 0.5) is 0 Å². The Morgan fingerprint density at radius 2 is 1.96 bits per heavy atom. The fourth-order valence-electron chi connectivity index (χ4n) is 1.66. The SMILES string of the molecule is CCNC(=O)[C@H](C)OC(=O)CCNS(=O)(=O)c1ccccc1Cl. The summed E-state index contributed by atoms with van der Waals surface area (Å²) in [5, 5.41) is 2.61. The molecule has 0 bridgehead atoms. The Morgan fingerprint density at radius 3 is 2.57 bits per heavy atom. The molecule has 1 aromatic carbocycles. The summed E-state index contributed by atoms with van der Waals surface area (Å²) < 4.78 is 31.2. The van der Waals surface area contributed by atoms with Crippen molar-refractivity contribution in [2.24, 2.45) is 0 Å². The molecule has 0 saturated carbocycles. The first-order valence-electron chi connectivity index (χ1n) is 6.99. The van der Waals surface area contributed by atoms with Gasteiger partial charge in [0.05, 0.1) is 11.4 Å². The molecular weight excluding hydrogens is 344 g/mol. The summed E-state index contributed by atoms with van der Waals surface area (Å²) in [5.74, 6) is -1.08. The summed E-state index contributed by atoms with van der Waals surface area (Å²) >= 11 is 5.83. The number of benzene rings is 1. The van der Waals surface area contributed by atoms with Crippen molar-refractivity contribution >= 4 is 33.5 Å². The van der Waals surface area contributed by atoms with Crippen LogP contribution in [0.1, 0.15) is 20.3 Å². The molecule has 0 aliphatic carbocycles. The van der Waals surface area contributed by atoms with Gasteiger partial charge in [0.1, 0.15) is 4.90 Å². The van der Waals surface area contributed by atoms with Gasteiger partial charge in [0, 0.05) is 13.1 Å². The average molecular weight is 363 g/mol. The van der Waals surface area contributed by atoms with Crippen LogP contribution in [0.2, 0.25) is 5.02 Å². The van der Waals surface area contributed by atoms with E-state index in [1.807, 2.05) is 0 Å². The highest BCUT2D eigenvalue weighted by Gasteiger charge is 2.19. The molecule has 1 rings (SSSR count). The summed E-state index contributed by atoms with van der Waals surface area (Å²) in [6, 6.07) is 5.97. The number of hydrogen-bond acceptors (Lipinski definition) is 5. The van der Waals surface area contributed by atoms with E-state index in [1.54, 1.807) is 19.1 Å². The standard InChI is InChI=1S/C14H19ClN2O5S/c1-3-16-14(19)10(2)22-13(18)8-9-17-23(20,21)12-7-5-4-6-11(12)15/h4-7,10,17H,3,8-9H2,1-2H3,(H,16,19)/t10-/m0/s1. The van der Waals surface area contributed by atoms with Crippen LogP contribution in [0.5, 0.6) is 0 Å². The lowest BCUT2D eigenvalue weighted by Gasteiger charge is -2.13. The first kappa shape index (κ1) is 19.4. The quantitative estimate of drug-likeness (QED) is 0.674. The fourth-order valence-corrected chi connectivity index (χ4v) is 3.20. The maximum atomic E-state index is 12.0. The zero-order valence-electron chi connectivity index (χ0n) is 12.8. The fraction of sp³-hybridized carbons (Fsp3) is 0.429. The van der Waals surface area contributed by atoms with E-state index in [9.17, 15) is 18.0 Å². The average Bonchev–Trinajstić information content (AvgIpc) is 2.47. The van der Waals surface area contributed by atoms with E-state index < -0.39 is 28.0 Å². The van der Waals surface area contributed by atoms with Crippen LogP contribution < -0.4 is 10.0 Å². The number of amides is 1. The van der Waals surface area contributed by atoms with Gasteiger partial charge < -0.3 is 10.1 Å². The normalized spacial score (nSPS) is 12.5. The van der Waals surface area contributed by atoms with Crippen LogP contribution in [-0.4, -0.2) is 39.5 Å². The van der Waals surface area contributed by atoms with E-state index in [4.69, 9.17) is 16.3 Å². The first-order valence-corrected chi connectivity index (χ1v) is 8.85. The highest BCUT2D eigenvalue weighted by atomic mass is 35.5. The van der Waals surface area contributed by atoms with Crippen molar-refractivity contribution in [3.8, 4) is 0 Å². The molecule has 0 aliphatic heterocycles. The lowest BCUT2D eigenvalue weighted by Crippen LogP contribution is -2.36. The van der Waals surface area contributed by atoms with Gasteiger partial charge in [0.15, 0.2) is 6.10 Å². The Kier molecular flexibility index (Phi) is 7.47. The molecule has 23 heavy (non-hydrogen) atoms. The molecule has 1 amide bonds. The van der Waals surface area contributed by atoms with Gasteiger partial charge in [-0.3, -0.25) is 9.59 Å². The predicted octanol–water partition coefficient (Wildman–Crippen LogP) is 1.08. The number of hydrogen-bond donors (Lipinski definition) is 2. The van der Waals surface area contributed by atoms with E-state index in [1.165, 1.54) is 19.1 Å². The van der Waals surface area contributed by atoms with Gasteiger partial charge in [-0.25, -0.2) is 13.1 Å². The molecule has 0 aromatic heterocycles. The number of carbonyl (C=O) groups is 2. The zero-order valence-corrected chi connectivity index (χ0v) is 14.4. The smallest absolute Gasteiger partial charge is 0.307 e. The summed E-state index contributed by atoms with van der Waals surface area (Å²) in [7, 11) is -3.81. The molecule has 7 nitrogen and oxygen atoms in total. The molecule has 0 saturated heterocycles. The lowest BCUT2D eigenvalue weighted by molar-refractivity contribution is -0.154. The minimum Gasteiger partial charge on any atom is -0.453 e. The van der Waals surface area contributed by atoms with E-state index in [0.717, 1.165) is 0 Å². The maximum Gasteiger partial charge on any atom is 0.307 e. The molecule has 0 radical (unpaired) electrons. The summed E-state index contributed by atoms with van der Waals surface area (Å²) in [5.41, 5.74) is 0. The topological polar surface area (TPSA) is 102 Å². The minimum atomic E-state index is -3.81. The molecule has 0 heterocycles. The van der Waals surface area contributed by atoms with Gasteiger partial charge in [-0.2, -0.15) is 0 Å². The van der Waals surface area contributed by atoms with E-state index >= 15 is 0 Å². The van der Waals surface area contributed by atoms with Crippen molar-refractivity contribution in [2.45, 2.75) is 31.3 Å². The second-order valence-electron chi connectivity index (χ2n) is 4.60. The number of likely N-dealkylation sites (N-methyl/N-ethyl adjacent to an activating group) is 1. The van der Waals surface area contributed by atoms with Crippen molar-refractivity contribution in [1.82, 2.24) is 10.0 Å². The van der Waals surface area contributed by atoms with Crippen molar-refractivity contribution in [3.63, 3.8) is 0 Å². The van der Waals surface area contributed by atoms with Crippen molar-refractivity contribution in [1.29, 1.82) is 0 Å². The lowest BCUT2D eigenvalue weighted by atomic mass is 10.3. The molecule has 2 N–H and O–H groups in total. The van der Waals surface area contributed by atoms with Gasteiger partial charge in [0.25, 0.3) is 5.91 Å². The predicted molar refractivity (Wildman–Crippen MR) is 85.5 cm³/mol. The molecular formula is C14H19ClN2O5S. The second-order valence-corrected chi connectivity index (χ2v) is 6.75. The Balaban J connectivity index is 2.49. The highest BCUT2D eigenvalue weighted by molar-refractivity contribution is 7.89. The van der Waals surface area contributed by atoms with Gasteiger partial charge in [-0.1, -0.05) is 23.7 Å². The Labute approximate surface area is 140 Å². The number of halogens is 1. The molecule has 1 aromatic rings. The third-order valence-corrected chi connectivity index (χ3v) is 4.74. The molecule has 9 heteroatoms. The summed E-state index contributed by atoms with van der Waals surface area (Å²) in [6.45, 7) is 3.46. The molecule has 0 spiro atoms. The second kappa shape index (κ2) is 8.85. The van der Waals surface area contributed by atoms with Gasteiger partial charge in [-0.15, -0.1) is 0 Å². The van der Waals surface area contributed by atoms with Gasteiger partial charge >= 0.3 is 5.97 Å². The number of ether oxygens (including phenoxy) is 1. The number of nitrogens with one attached hydrogen (secondary N) is 2. The molecule has 0 aliphatic rings. The van der Waals surface area contributed by atoms with Gasteiger partial charge in [0.2, 0.25) is 10.0 Å². The minimum absolute atomic E-state index is 0.0641. The van der Waals surface area contributed by atoms with Crippen LogP contribution in [-0.2, 0) is 24.3 Å². The number of carbonyl (C=O) groups excluding carboxylic acids is 2. The maximum absolute atomic E-state index is 12.0. The van der Waals surface area contributed by atoms with Crippen LogP contribution >= 0.6 is 11.6 Å². The number of rotatable bonds is 8. The van der Waals surface area contributed by atoms with Crippen LogP contribution in [0.25, 0.3) is 0 Å². The monoisotopic (exact) mass is 362 g/mol. The van der Waals surface area contributed by atoms with Gasteiger partial charge in [-0.05, 0) is 26.0 Å². The van der Waals surface area contributed by atoms with E-state index in [0.29, 0.717) is 6.54 Å². The summed E-state index contributed by atoms with van der Waals surface area (Å²) in [4.78, 5) is 22.9. The Hall–Kier alpha value is -1.64. The molecule has 128 valence electrons. The molecule has 0 fully saturated rings. The highest BCUT2D eigenvalue weighted by Crippen LogP contribution is 2.19. The van der Waals surface area contributed by atoms with Crippen LogP contribution in [0, 0.1) is 0 Å². The zero-order chi connectivity index (χ0) is 17.5. The number of sulfonamides is 1. The van der Waals surface area contributed by atoms with Crippen LogP contribution in [0.15, 0.2) is 29.2 Å². The third kappa shape index (κ3) is 6.17. The number of esters is 1. The summed E-state index contributed by atoms with van der Waals surface area (Å²) in [6.07, 6.45) is -1.13. The molecule has 0 unspecified atom stereocenters. The Bertz CT molecular complexity index is 663. The van der Waals surface area contributed by atoms with Crippen LogP contribution in [0.3, 0.4) is 0 Å². The van der Waals surface area contributed by atoms with Crippen molar-refractivity contribution in [3.05, 3.63) is 29.3 Å². The van der Waals surface area contributed by atoms with E-state index in [-0.39, 0.29) is 22.9 Å². The Morgan fingerprint density at radius 1 is 1.30 bits per heavy atom. The molecule has 1 atom stereocenters. The first-order chi connectivity index (χ1) is 10.8. The van der Waals surface area contributed by atoms with Crippen molar-refractivity contribution in [2.75, 3.05) is 13.1 Å². The van der Waals surface area contributed by atoms with Crippen molar-refractivity contribution < 1.29 is 22.7 Å².